The van der Waals surface area contributed by atoms with E-state index in [9.17, 15) is 9.59 Å². The second-order valence-corrected chi connectivity index (χ2v) is 8.61. The molecule has 4 rings (SSSR count). The van der Waals surface area contributed by atoms with Crippen molar-refractivity contribution < 1.29 is 9.59 Å². The summed E-state index contributed by atoms with van der Waals surface area (Å²) in [6.45, 7) is 9.40. The van der Waals surface area contributed by atoms with E-state index in [1.165, 1.54) is 0 Å². The van der Waals surface area contributed by atoms with Gasteiger partial charge in [-0.2, -0.15) is 5.10 Å². The molecule has 2 heterocycles. The summed E-state index contributed by atoms with van der Waals surface area (Å²) in [5.41, 5.74) is 3.46. The first-order valence-electron chi connectivity index (χ1n) is 11.1. The highest BCUT2D eigenvalue weighted by atomic mass is 16.2. The average Bonchev–Trinajstić information content (AvgIpc) is 3.54. The molecule has 0 unspecified atom stereocenters. The van der Waals surface area contributed by atoms with Crippen molar-refractivity contribution in [1.82, 2.24) is 24.9 Å². The summed E-state index contributed by atoms with van der Waals surface area (Å²) in [4.78, 5) is 29.3. The van der Waals surface area contributed by atoms with Crippen LogP contribution in [-0.4, -0.2) is 76.2 Å². The minimum atomic E-state index is -0.249. The van der Waals surface area contributed by atoms with Crippen LogP contribution in [-0.2, 0) is 9.59 Å². The standard InChI is InChI=1S/C23H32N6O2/c1-16-22(17(2)29(26-16)20-7-5-4-6-8-20)25-23(31)18(3)28-13-11-27(12-14-28)15-21(30)24-19-9-10-19/h4-8,18-19H,9-15H2,1-3H3,(H,24,30)(H,25,31)/t18-/m1/s1. The summed E-state index contributed by atoms with van der Waals surface area (Å²) in [6, 6.07) is 10.1. The fourth-order valence-electron chi connectivity index (χ4n) is 4.05. The Morgan fingerprint density at radius 1 is 1.10 bits per heavy atom. The molecule has 1 aliphatic carbocycles. The fraction of sp³-hybridized carbons (Fsp3) is 0.522. The zero-order chi connectivity index (χ0) is 22.0. The lowest BCUT2D eigenvalue weighted by atomic mass is 10.2. The van der Waals surface area contributed by atoms with Crippen LogP contribution < -0.4 is 10.6 Å². The van der Waals surface area contributed by atoms with Crippen molar-refractivity contribution in [3.63, 3.8) is 0 Å². The van der Waals surface area contributed by atoms with Gasteiger partial charge in [0.05, 0.1) is 35.3 Å². The van der Waals surface area contributed by atoms with E-state index in [4.69, 9.17) is 0 Å². The Balaban J connectivity index is 1.32. The first kappa shape index (κ1) is 21.5. The number of hydrogen-bond acceptors (Lipinski definition) is 5. The molecular weight excluding hydrogens is 392 g/mol. The maximum atomic E-state index is 13.0. The van der Waals surface area contributed by atoms with E-state index in [1.807, 2.05) is 55.8 Å². The molecule has 1 atom stereocenters. The number of nitrogens with one attached hydrogen (secondary N) is 2. The lowest BCUT2D eigenvalue weighted by molar-refractivity contribution is -0.124. The van der Waals surface area contributed by atoms with Crippen molar-refractivity contribution in [3.05, 3.63) is 41.7 Å². The molecule has 1 saturated heterocycles. The molecule has 0 spiro atoms. The first-order chi connectivity index (χ1) is 14.9. The predicted molar refractivity (Wildman–Crippen MR) is 120 cm³/mol. The van der Waals surface area contributed by atoms with Gasteiger partial charge in [-0.25, -0.2) is 4.68 Å². The Bertz CT molecular complexity index is 929. The molecule has 0 radical (unpaired) electrons. The summed E-state index contributed by atoms with van der Waals surface area (Å²) >= 11 is 0. The Hall–Kier alpha value is -2.71. The predicted octanol–water partition coefficient (Wildman–Crippen LogP) is 1.71. The Morgan fingerprint density at radius 2 is 1.77 bits per heavy atom. The molecule has 2 fully saturated rings. The van der Waals surface area contributed by atoms with Crippen LogP contribution in [0.3, 0.4) is 0 Å². The van der Waals surface area contributed by atoms with Crippen molar-refractivity contribution in [2.75, 3.05) is 38.0 Å². The van der Waals surface area contributed by atoms with E-state index < -0.39 is 0 Å². The van der Waals surface area contributed by atoms with E-state index in [2.05, 4.69) is 25.5 Å². The number of benzene rings is 1. The smallest absolute Gasteiger partial charge is 0.241 e. The lowest BCUT2D eigenvalue weighted by Crippen LogP contribution is -2.54. The van der Waals surface area contributed by atoms with Gasteiger partial charge >= 0.3 is 0 Å². The van der Waals surface area contributed by atoms with Gasteiger partial charge in [0, 0.05) is 32.2 Å². The number of aromatic nitrogens is 2. The molecule has 8 nitrogen and oxygen atoms in total. The number of aryl methyl sites for hydroxylation is 1. The van der Waals surface area contributed by atoms with Crippen molar-refractivity contribution in [1.29, 1.82) is 0 Å². The van der Waals surface area contributed by atoms with Gasteiger partial charge < -0.3 is 10.6 Å². The largest absolute Gasteiger partial charge is 0.352 e. The molecule has 1 aromatic heterocycles. The third kappa shape index (κ3) is 5.14. The van der Waals surface area contributed by atoms with Crippen LogP contribution in [0.2, 0.25) is 0 Å². The van der Waals surface area contributed by atoms with Gasteiger partial charge in [-0.3, -0.25) is 19.4 Å². The minimum Gasteiger partial charge on any atom is -0.352 e. The van der Waals surface area contributed by atoms with Gasteiger partial charge in [-0.1, -0.05) is 18.2 Å². The Kier molecular flexibility index (Phi) is 6.38. The van der Waals surface area contributed by atoms with Gasteiger partial charge in [-0.15, -0.1) is 0 Å². The van der Waals surface area contributed by atoms with Gasteiger partial charge in [0.25, 0.3) is 0 Å². The third-order valence-electron chi connectivity index (χ3n) is 6.18. The number of carbonyl (C=O) groups is 2. The van der Waals surface area contributed by atoms with Gasteiger partial charge in [0.2, 0.25) is 11.8 Å². The zero-order valence-corrected chi connectivity index (χ0v) is 18.6. The summed E-state index contributed by atoms with van der Waals surface area (Å²) in [5, 5.41) is 10.7. The quantitative estimate of drug-likeness (QED) is 0.707. The second-order valence-electron chi connectivity index (χ2n) is 8.61. The summed E-state index contributed by atoms with van der Waals surface area (Å²) in [5.74, 6) is 0.0851. The monoisotopic (exact) mass is 424 g/mol. The van der Waals surface area contributed by atoms with Crippen molar-refractivity contribution >= 4 is 17.5 Å². The normalized spacial score (nSPS) is 18.5. The van der Waals surface area contributed by atoms with E-state index in [0.717, 1.165) is 61.8 Å². The lowest BCUT2D eigenvalue weighted by Gasteiger charge is -2.37. The van der Waals surface area contributed by atoms with Crippen LogP contribution in [0, 0.1) is 13.8 Å². The van der Waals surface area contributed by atoms with Gasteiger partial charge in [-0.05, 0) is 45.7 Å². The van der Waals surface area contributed by atoms with Gasteiger partial charge in [0.1, 0.15) is 0 Å². The number of para-hydroxylation sites is 1. The van der Waals surface area contributed by atoms with E-state index >= 15 is 0 Å². The molecule has 1 aliphatic heterocycles. The number of anilines is 1. The van der Waals surface area contributed by atoms with Crippen LogP contribution in [0.1, 0.15) is 31.2 Å². The number of nitrogens with zero attached hydrogens (tertiary/aromatic N) is 4. The minimum absolute atomic E-state index is 0.0289. The molecule has 1 saturated carbocycles. The zero-order valence-electron chi connectivity index (χ0n) is 18.6. The molecular formula is C23H32N6O2. The van der Waals surface area contributed by atoms with Crippen molar-refractivity contribution in [2.24, 2.45) is 0 Å². The number of piperazine rings is 1. The van der Waals surface area contributed by atoms with Crippen LogP contribution in [0.25, 0.3) is 5.69 Å². The average molecular weight is 425 g/mol. The number of rotatable bonds is 7. The molecule has 8 heteroatoms. The topological polar surface area (TPSA) is 82.5 Å². The SMILES string of the molecule is Cc1nn(-c2ccccc2)c(C)c1NC(=O)[C@@H](C)N1CCN(CC(=O)NC2CC2)CC1. The van der Waals surface area contributed by atoms with Crippen LogP contribution in [0.15, 0.2) is 30.3 Å². The van der Waals surface area contributed by atoms with Crippen molar-refractivity contribution in [3.8, 4) is 5.69 Å². The number of carbonyl (C=O) groups excluding carboxylic acids is 2. The van der Waals surface area contributed by atoms with E-state index in [1.54, 1.807) is 0 Å². The number of hydrogen-bond donors (Lipinski definition) is 2. The Labute approximate surface area is 183 Å². The van der Waals surface area contributed by atoms with E-state index in [0.29, 0.717) is 12.6 Å². The van der Waals surface area contributed by atoms with Gasteiger partial charge in [0.15, 0.2) is 0 Å². The van der Waals surface area contributed by atoms with Crippen LogP contribution in [0.4, 0.5) is 5.69 Å². The summed E-state index contributed by atoms with van der Waals surface area (Å²) in [7, 11) is 0. The maximum absolute atomic E-state index is 13.0. The maximum Gasteiger partial charge on any atom is 0.241 e. The second kappa shape index (κ2) is 9.20. The molecule has 0 bridgehead atoms. The highest BCUT2D eigenvalue weighted by Gasteiger charge is 2.29. The molecule has 2 N–H and O–H groups in total. The summed E-state index contributed by atoms with van der Waals surface area (Å²) < 4.78 is 1.86. The molecule has 2 aliphatic rings. The molecule has 1 aromatic carbocycles. The van der Waals surface area contributed by atoms with Crippen LogP contribution >= 0.6 is 0 Å². The van der Waals surface area contributed by atoms with Crippen LogP contribution in [0.5, 0.6) is 0 Å². The first-order valence-corrected chi connectivity index (χ1v) is 11.1. The molecule has 31 heavy (non-hydrogen) atoms. The molecule has 2 amide bonds. The fourth-order valence-corrected chi connectivity index (χ4v) is 4.05. The van der Waals surface area contributed by atoms with E-state index in [-0.39, 0.29) is 17.9 Å². The Morgan fingerprint density at radius 3 is 2.42 bits per heavy atom. The summed E-state index contributed by atoms with van der Waals surface area (Å²) in [6.07, 6.45) is 2.21. The molecule has 166 valence electrons. The number of amides is 2. The third-order valence-corrected chi connectivity index (χ3v) is 6.18. The molecule has 2 aromatic rings. The highest BCUT2D eigenvalue weighted by molar-refractivity contribution is 5.95. The highest BCUT2D eigenvalue weighted by Crippen LogP contribution is 2.23. The van der Waals surface area contributed by atoms with Crippen molar-refractivity contribution in [2.45, 2.75) is 45.7 Å².